The standard InChI is InChI=1S/C24H24ClFN2O4/c1-3-22-27-13-21(32-22)23(29)28-18(10-14(2)24(30)31)11-15-4-6-16(7-5-15)19-12-17(25)8-9-20(19)26/h4-9,12-14,18H,3,10-11H2,1-2H3,(H,28,29)(H,30,31)/t14-,18?/m0/s1. The van der Waals surface area contributed by atoms with Gasteiger partial charge in [-0.2, -0.15) is 0 Å². The number of nitrogens with zero attached hydrogens (tertiary/aromatic N) is 1. The highest BCUT2D eigenvalue weighted by Gasteiger charge is 2.22. The Hall–Kier alpha value is -3.19. The van der Waals surface area contributed by atoms with Crippen LogP contribution < -0.4 is 5.32 Å². The fourth-order valence-electron chi connectivity index (χ4n) is 3.38. The molecule has 6 nitrogen and oxygen atoms in total. The van der Waals surface area contributed by atoms with Crippen LogP contribution in [-0.4, -0.2) is 28.0 Å². The van der Waals surface area contributed by atoms with E-state index in [2.05, 4.69) is 10.3 Å². The summed E-state index contributed by atoms with van der Waals surface area (Å²) < 4.78 is 19.5. The number of carbonyl (C=O) groups is 2. The van der Waals surface area contributed by atoms with E-state index in [9.17, 15) is 19.1 Å². The fraction of sp³-hybridized carbons (Fsp3) is 0.292. The summed E-state index contributed by atoms with van der Waals surface area (Å²) in [6, 6.07) is 11.1. The number of oxazole rings is 1. The number of hydrogen-bond acceptors (Lipinski definition) is 4. The number of carboxylic acids is 1. The van der Waals surface area contributed by atoms with Crippen LogP contribution in [0.1, 0.15) is 42.3 Å². The molecule has 8 heteroatoms. The number of aryl methyl sites for hydroxylation is 1. The largest absolute Gasteiger partial charge is 0.481 e. The topological polar surface area (TPSA) is 92.4 Å². The Bertz CT molecular complexity index is 1100. The van der Waals surface area contributed by atoms with Gasteiger partial charge in [0.25, 0.3) is 5.91 Å². The Morgan fingerprint density at radius 3 is 2.56 bits per heavy atom. The molecular formula is C24H24ClFN2O4. The van der Waals surface area contributed by atoms with Crippen molar-refractivity contribution in [2.45, 2.75) is 39.2 Å². The highest BCUT2D eigenvalue weighted by molar-refractivity contribution is 6.30. The zero-order valence-corrected chi connectivity index (χ0v) is 18.5. The molecular weight excluding hydrogens is 435 g/mol. The van der Waals surface area contributed by atoms with Gasteiger partial charge in [-0.05, 0) is 42.2 Å². The van der Waals surface area contributed by atoms with Crippen LogP contribution >= 0.6 is 11.6 Å². The molecule has 0 aliphatic carbocycles. The lowest BCUT2D eigenvalue weighted by Gasteiger charge is -2.20. The van der Waals surface area contributed by atoms with Crippen molar-refractivity contribution in [1.82, 2.24) is 10.3 Å². The van der Waals surface area contributed by atoms with Gasteiger partial charge in [-0.25, -0.2) is 9.37 Å². The van der Waals surface area contributed by atoms with E-state index < -0.39 is 23.8 Å². The van der Waals surface area contributed by atoms with Crippen molar-refractivity contribution in [2.75, 3.05) is 0 Å². The highest BCUT2D eigenvalue weighted by atomic mass is 35.5. The van der Waals surface area contributed by atoms with Crippen LogP contribution in [0.25, 0.3) is 11.1 Å². The summed E-state index contributed by atoms with van der Waals surface area (Å²) in [5, 5.41) is 12.6. The molecule has 0 saturated heterocycles. The SMILES string of the molecule is CCc1ncc(C(=O)NC(Cc2ccc(-c3cc(Cl)ccc3F)cc2)C[C@H](C)C(=O)O)o1. The van der Waals surface area contributed by atoms with E-state index in [0.717, 1.165) is 5.56 Å². The van der Waals surface area contributed by atoms with E-state index in [4.69, 9.17) is 16.0 Å². The average Bonchev–Trinajstić information content (AvgIpc) is 3.25. The van der Waals surface area contributed by atoms with Gasteiger partial charge in [0.05, 0.1) is 12.1 Å². The minimum absolute atomic E-state index is 0.0848. The van der Waals surface area contributed by atoms with Gasteiger partial charge < -0.3 is 14.8 Å². The lowest BCUT2D eigenvalue weighted by molar-refractivity contribution is -0.141. The normalized spacial score (nSPS) is 12.9. The average molecular weight is 459 g/mol. The predicted octanol–water partition coefficient (Wildman–Crippen LogP) is 5.15. The van der Waals surface area contributed by atoms with Gasteiger partial charge in [0.1, 0.15) is 5.82 Å². The number of aromatic nitrogens is 1. The van der Waals surface area contributed by atoms with E-state index >= 15 is 0 Å². The smallest absolute Gasteiger partial charge is 0.306 e. The number of nitrogens with one attached hydrogen (secondary N) is 1. The van der Waals surface area contributed by atoms with Crippen LogP contribution in [0.15, 0.2) is 53.1 Å². The van der Waals surface area contributed by atoms with Crippen molar-refractivity contribution in [3.8, 4) is 11.1 Å². The Labute approximate surface area is 190 Å². The molecule has 2 atom stereocenters. The van der Waals surface area contributed by atoms with Crippen molar-refractivity contribution in [3.63, 3.8) is 0 Å². The van der Waals surface area contributed by atoms with Gasteiger partial charge in [-0.3, -0.25) is 9.59 Å². The molecule has 0 fully saturated rings. The molecule has 1 aromatic heterocycles. The van der Waals surface area contributed by atoms with Gasteiger partial charge in [0.15, 0.2) is 5.89 Å². The Kier molecular flexibility index (Phi) is 7.64. The molecule has 3 rings (SSSR count). The van der Waals surface area contributed by atoms with E-state index in [1.807, 2.05) is 19.1 Å². The van der Waals surface area contributed by atoms with Crippen molar-refractivity contribution >= 4 is 23.5 Å². The molecule has 2 aromatic carbocycles. The fourth-order valence-corrected chi connectivity index (χ4v) is 3.55. The number of amides is 1. The lowest BCUT2D eigenvalue weighted by atomic mass is 9.94. The van der Waals surface area contributed by atoms with Crippen LogP contribution in [0.5, 0.6) is 0 Å². The summed E-state index contributed by atoms with van der Waals surface area (Å²) in [4.78, 5) is 28.0. The number of aliphatic carboxylic acids is 1. The van der Waals surface area contributed by atoms with Gasteiger partial charge in [-0.1, -0.05) is 49.7 Å². The Balaban J connectivity index is 1.77. The van der Waals surface area contributed by atoms with Gasteiger partial charge >= 0.3 is 5.97 Å². The second kappa shape index (κ2) is 10.4. The first-order valence-electron chi connectivity index (χ1n) is 10.3. The summed E-state index contributed by atoms with van der Waals surface area (Å²) in [5.41, 5.74) is 1.93. The third-order valence-corrected chi connectivity index (χ3v) is 5.39. The zero-order valence-electron chi connectivity index (χ0n) is 17.8. The molecule has 32 heavy (non-hydrogen) atoms. The van der Waals surface area contributed by atoms with Gasteiger partial charge in [0.2, 0.25) is 5.76 Å². The molecule has 1 heterocycles. The number of halogens is 2. The summed E-state index contributed by atoms with van der Waals surface area (Å²) in [6.45, 7) is 3.46. The lowest BCUT2D eigenvalue weighted by Crippen LogP contribution is -2.38. The first kappa shape index (κ1) is 23.5. The van der Waals surface area contributed by atoms with Crippen LogP contribution in [0.2, 0.25) is 5.02 Å². The minimum Gasteiger partial charge on any atom is -0.481 e. The van der Waals surface area contributed by atoms with Crippen LogP contribution in [-0.2, 0) is 17.6 Å². The molecule has 0 bridgehead atoms. The van der Waals surface area contributed by atoms with Gasteiger partial charge in [-0.15, -0.1) is 0 Å². The second-order valence-electron chi connectivity index (χ2n) is 7.64. The molecule has 0 radical (unpaired) electrons. The third-order valence-electron chi connectivity index (χ3n) is 5.15. The summed E-state index contributed by atoms with van der Waals surface area (Å²) in [6.07, 6.45) is 2.56. The summed E-state index contributed by atoms with van der Waals surface area (Å²) >= 11 is 5.98. The quantitative estimate of drug-likeness (QED) is 0.462. The Morgan fingerprint density at radius 1 is 1.22 bits per heavy atom. The summed E-state index contributed by atoms with van der Waals surface area (Å²) in [7, 11) is 0. The molecule has 0 spiro atoms. The molecule has 168 valence electrons. The number of hydrogen-bond donors (Lipinski definition) is 2. The maximum Gasteiger partial charge on any atom is 0.306 e. The molecule has 0 aliphatic rings. The van der Waals surface area contributed by atoms with Crippen LogP contribution in [0.3, 0.4) is 0 Å². The predicted molar refractivity (Wildman–Crippen MR) is 119 cm³/mol. The number of carboxylic acid groups (broad SMARTS) is 1. The Morgan fingerprint density at radius 2 is 1.94 bits per heavy atom. The first-order chi connectivity index (χ1) is 15.3. The van der Waals surface area contributed by atoms with Crippen LogP contribution in [0, 0.1) is 11.7 Å². The molecule has 1 amide bonds. The van der Waals surface area contributed by atoms with Gasteiger partial charge in [0, 0.05) is 23.0 Å². The highest BCUT2D eigenvalue weighted by Crippen LogP contribution is 2.26. The molecule has 0 aliphatic heterocycles. The number of rotatable bonds is 9. The second-order valence-corrected chi connectivity index (χ2v) is 8.08. The van der Waals surface area contributed by atoms with E-state index in [0.29, 0.717) is 34.9 Å². The maximum atomic E-state index is 14.1. The number of carbonyl (C=O) groups excluding carboxylic acids is 1. The number of benzene rings is 2. The monoisotopic (exact) mass is 458 g/mol. The molecule has 0 saturated carbocycles. The first-order valence-corrected chi connectivity index (χ1v) is 10.7. The maximum absolute atomic E-state index is 14.1. The molecule has 3 aromatic rings. The molecule has 1 unspecified atom stereocenters. The van der Waals surface area contributed by atoms with Crippen molar-refractivity contribution in [3.05, 3.63) is 76.7 Å². The third kappa shape index (κ3) is 5.95. The zero-order chi connectivity index (χ0) is 23.3. The molecule has 2 N–H and O–H groups in total. The van der Waals surface area contributed by atoms with Crippen molar-refractivity contribution in [1.29, 1.82) is 0 Å². The van der Waals surface area contributed by atoms with Crippen molar-refractivity contribution in [2.24, 2.45) is 5.92 Å². The van der Waals surface area contributed by atoms with Crippen molar-refractivity contribution < 1.29 is 23.5 Å². The summed E-state index contributed by atoms with van der Waals surface area (Å²) in [5.74, 6) is -1.88. The van der Waals surface area contributed by atoms with E-state index in [1.54, 1.807) is 25.1 Å². The van der Waals surface area contributed by atoms with Crippen LogP contribution in [0.4, 0.5) is 4.39 Å². The van der Waals surface area contributed by atoms with E-state index in [1.165, 1.54) is 18.3 Å². The minimum atomic E-state index is -0.941. The van der Waals surface area contributed by atoms with E-state index in [-0.39, 0.29) is 18.0 Å².